The lowest BCUT2D eigenvalue weighted by Crippen LogP contribution is -2.07. The van der Waals surface area contributed by atoms with E-state index in [1.165, 1.54) is 6.20 Å². The molecule has 0 aliphatic rings. The Morgan fingerprint density at radius 2 is 2.14 bits per heavy atom. The molecule has 0 aliphatic heterocycles. The summed E-state index contributed by atoms with van der Waals surface area (Å²) in [4.78, 5) is 8.15. The maximum atomic E-state index is 5.89. The maximum absolute atomic E-state index is 5.89. The first kappa shape index (κ1) is 13.7. The predicted molar refractivity (Wildman–Crippen MR) is 81.8 cm³/mol. The molecule has 0 fully saturated rings. The van der Waals surface area contributed by atoms with Crippen molar-refractivity contribution in [1.29, 1.82) is 0 Å². The van der Waals surface area contributed by atoms with E-state index in [0.717, 1.165) is 22.5 Å². The minimum atomic E-state index is -0.0578. The van der Waals surface area contributed by atoms with Crippen molar-refractivity contribution in [2.75, 3.05) is 12.4 Å². The van der Waals surface area contributed by atoms with Crippen LogP contribution in [0.4, 0.5) is 5.82 Å². The second kappa shape index (κ2) is 5.61. The summed E-state index contributed by atoms with van der Waals surface area (Å²) in [5, 5.41) is 4.58. The molecular weight excluding hydrogens is 290 g/mol. The van der Waals surface area contributed by atoms with Crippen LogP contribution in [0.2, 0.25) is 5.15 Å². The highest BCUT2D eigenvalue weighted by molar-refractivity contribution is 6.29. The molecule has 108 valence electrons. The molecule has 0 amide bonds. The molecule has 3 aromatic rings. The quantitative estimate of drug-likeness (QED) is 0.787. The standard InChI is InChI=1S/C15H14ClN3O2/c1-9(19-14-8-17-13(16)7-18-14)12-6-10-4-3-5-11(20-2)15(10)21-12/h3-9H,1-2H3,(H,18,19). The highest BCUT2D eigenvalue weighted by Gasteiger charge is 2.14. The molecule has 1 N–H and O–H groups in total. The van der Waals surface area contributed by atoms with Gasteiger partial charge in [-0.15, -0.1) is 0 Å². The van der Waals surface area contributed by atoms with E-state index in [0.29, 0.717) is 11.0 Å². The number of methoxy groups -OCH3 is 1. The van der Waals surface area contributed by atoms with Gasteiger partial charge in [0.2, 0.25) is 0 Å². The monoisotopic (exact) mass is 303 g/mol. The Hall–Kier alpha value is -2.27. The van der Waals surface area contributed by atoms with Gasteiger partial charge in [-0.1, -0.05) is 23.7 Å². The summed E-state index contributed by atoms with van der Waals surface area (Å²) in [6.07, 6.45) is 3.08. The van der Waals surface area contributed by atoms with Crippen LogP contribution < -0.4 is 10.1 Å². The van der Waals surface area contributed by atoms with Crippen LogP contribution in [0.15, 0.2) is 41.1 Å². The molecule has 0 saturated carbocycles. The number of rotatable bonds is 4. The molecule has 1 aromatic carbocycles. The SMILES string of the molecule is COc1cccc2cc(C(C)Nc3cnc(Cl)cn3)oc12. The average molecular weight is 304 g/mol. The number of halogens is 1. The van der Waals surface area contributed by atoms with Gasteiger partial charge in [0.25, 0.3) is 0 Å². The topological polar surface area (TPSA) is 60.2 Å². The van der Waals surface area contributed by atoms with Crippen LogP contribution in [0.3, 0.4) is 0 Å². The minimum Gasteiger partial charge on any atom is -0.493 e. The highest BCUT2D eigenvalue weighted by atomic mass is 35.5. The summed E-state index contributed by atoms with van der Waals surface area (Å²) in [6.45, 7) is 1.99. The zero-order valence-electron chi connectivity index (χ0n) is 11.6. The molecule has 6 heteroatoms. The van der Waals surface area contributed by atoms with Gasteiger partial charge in [-0.2, -0.15) is 0 Å². The number of nitrogens with zero attached hydrogens (tertiary/aromatic N) is 2. The summed E-state index contributed by atoms with van der Waals surface area (Å²) in [5.74, 6) is 2.16. The Morgan fingerprint density at radius 3 is 2.86 bits per heavy atom. The number of hydrogen-bond acceptors (Lipinski definition) is 5. The first-order chi connectivity index (χ1) is 10.2. The van der Waals surface area contributed by atoms with Crippen LogP contribution in [0.5, 0.6) is 5.75 Å². The van der Waals surface area contributed by atoms with Crippen LogP contribution in [-0.4, -0.2) is 17.1 Å². The van der Waals surface area contributed by atoms with Gasteiger partial charge < -0.3 is 14.5 Å². The minimum absolute atomic E-state index is 0.0578. The molecule has 0 bridgehead atoms. The summed E-state index contributed by atoms with van der Waals surface area (Å²) in [5.41, 5.74) is 0.742. The molecule has 3 rings (SSSR count). The Balaban J connectivity index is 1.87. The van der Waals surface area contributed by atoms with Gasteiger partial charge in [0.15, 0.2) is 11.3 Å². The lowest BCUT2D eigenvalue weighted by atomic mass is 10.2. The van der Waals surface area contributed by atoms with Gasteiger partial charge in [-0.25, -0.2) is 9.97 Å². The number of anilines is 1. The summed E-state index contributed by atoms with van der Waals surface area (Å²) in [6, 6.07) is 7.72. The van der Waals surface area contributed by atoms with Crippen molar-refractivity contribution in [3.8, 4) is 5.75 Å². The molecular formula is C15H14ClN3O2. The van der Waals surface area contributed by atoms with Gasteiger partial charge in [0.1, 0.15) is 16.7 Å². The van der Waals surface area contributed by atoms with Gasteiger partial charge in [-0.05, 0) is 19.1 Å². The normalized spacial score (nSPS) is 12.3. The Labute approximate surface area is 126 Å². The molecule has 1 unspecified atom stereocenters. The highest BCUT2D eigenvalue weighted by Crippen LogP contribution is 2.31. The van der Waals surface area contributed by atoms with Crippen molar-refractivity contribution >= 4 is 28.4 Å². The van der Waals surface area contributed by atoms with E-state index in [4.69, 9.17) is 20.8 Å². The molecule has 0 radical (unpaired) electrons. The van der Waals surface area contributed by atoms with Crippen LogP contribution in [0, 0.1) is 0 Å². The third kappa shape index (κ3) is 2.78. The maximum Gasteiger partial charge on any atom is 0.176 e. The van der Waals surface area contributed by atoms with E-state index < -0.39 is 0 Å². The van der Waals surface area contributed by atoms with E-state index in [1.807, 2.05) is 31.2 Å². The van der Waals surface area contributed by atoms with E-state index in [9.17, 15) is 0 Å². The molecule has 0 aliphatic carbocycles. The second-order valence-corrected chi connectivity index (χ2v) is 5.01. The number of hydrogen-bond donors (Lipinski definition) is 1. The zero-order chi connectivity index (χ0) is 14.8. The second-order valence-electron chi connectivity index (χ2n) is 4.62. The fourth-order valence-corrected chi connectivity index (χ4v) is 2.21. The number of benzene rings is 1. The largest absolute Gasteiger partial charge is 0.493 e. The third-order valence-electron chi connectivity index (χ3n) is 3.16. The Morgan fingerprint density at radius 1 is 1.29 bits per heavy atom. The fraction of sp³-hybridized carbons (Fsp3) is 0.200. The number of ether oxygens (including phenoxy) is 1. The molecule has 2 aromatic heterocycles. The van der Waals surface area contributed by atoms with Crippen molar-refractivity contribution in [3.05, 3.63) is 47.6 Å². The fourth-order valence-electron chi connectivity index (χ4n) is 2.11. The summed E-state index contributed by atoms with van der Waals surface area (Å²) in [7, 11) is 1.63. The average Bonchev–Trinajstić information content (AvgIpc) is 2.93. The van der Waals surface area contributed by atoms with Gasteiger partial charge >= 0.3 is 0 Å². The van der Waals surface area contributed by atoms with Crippen LogP contribution >= 0.6 is 11.6 Å². The summed E-state index contributed by atoms with van der Waals surface area (Å²) >= 11 is 5.72. The molecule has 21 heavy (non-hydrogen) atoms. The van der Waals surface area contributed by atoms with E-state index in [1.54, 1.807) is 13.3 Å². The van der Waals surface area contributed by atoms with E-state index >= 15 is 0 Å². The zero-order valence-corrected chi connectivity index (χ0v) is 12.4. The first-order valence-corrected chi connectivity index (χ1v) is 6.85. The van der Waals surface area contributed by atoms with E-state index in [-0.39, 0.29) is 6.04 Å². The molecule has 0 saturated heterocycles. The number of fused-ring (bicyclic) bond motifs is 1. The molecule has 1 atom stereocenters. The number of nitrogens with one attached hydrogen (secondary N) is 1. The lowest BCUT2D eigenvalue weighted by Gasteiger charge is -2.11. The van der Waals surface area contributed by atoms with Gasteiger partial charge in [-0.3, -0.25) is 0 Å². The summed E-state index contributed by atoms with van der Waals surface area (Å²) < 4.78 is 11.2. The van der Waals surface area contributed by atoms with Gasteiger partial charge in [0.05, 0.1) is 25.5 Å². The van der Waals surface area contributed by atoms with Crippen molar-refractivity contribution in [2.24, 2.45) is 0 Å². The van der Waals surface area contributed by atoms with Crippen molar-refractivity contribution in [1.82, 2.24) is 9.97 Å². The van der Waals surface area contributed by atoms with Gasteiger partial charge in [0, 0.05) is 5.39 Å². The van der Waals surface area contributed by atoms with Crippen LogP contribution in [0.25, 0.3) is 11.0 Å². The van der Waals surface area contributed by atoms with Crippen molar-refractivity contribution < 1.29 is 9.15 Å². The first-order valence-electron chi connectivity index (χ1n) is 6.48. The van der Waals surface area contributed by atoms with Crippen LogP contribution in [-0.2, 0) is 0 Å². The van der Waals surface area contributed by atoms with Crippen LogP contribution in [0.1, 0.15) is 18.7 Å². The molecule has 5 nitrogen and oxygen atoms in total. The lowest BCUT2D eigenvalue weighted by molar-refractivity contribution is 0.406. The smallest absolute Gasteiger partial charge is 0.176 e. The third-order valence-corrected chi connectivity index (χ3v) is 3.35. The Bertz CT molecular complexity index is 755. The predicted octanol–water partition coefficient (Wildman–Crippen LogP) is 4.06. The van der Waals surface area contributed by atoms with Crippen molar-refractivity contribution in [2.45, 2.75) is 13.0 Å². The van der Waals surface area contributed by atoms with Crippen molar-refractivity contribution in [3.63, 3.8) is 0 Å². The molecule has 0 spiro atoms. The number of furan rings is 1. The number of para-hydroxylation sites is 1. The Kier molecular flexibility index (Phi) is 3.66. The molecule has 2 heterocycles. The number of aromatic nitrogens is 2. The van der Waals surface area contributed by atoms with E-state index in [2.05, 4.69) is 15.3 Å².